The number of ether oxygens (including phenoxy) is 4. The second-order valence-corrected chi connectivity index (χ2v) is 28.8. The van der Waals surface area contributed by atoms with Crippen LogP contribution in [0.1, 0.15) is 349 Å². The van der Waals surface area contributed by atoms with Crippen molar-refractivity contribution in [3.8, 4) is 0 Å². The van der Waals surface area contributed by atoms with E-state index in [0.717, 1.165) is 148 Å². The Morgan fingerprint density at radius 3 is 0.875 bits per heavy atom. The summed E-state index contributed by atoms with van der Waals surface area (Å²) in [4.78, 5) is 72.8. The molecule has 0 aromatic heterocycles. The normalized spacial score (nSPS) is 14.3. The van der Waals surface area contributed by atoms with Crippen molar-refractivity contribution in [2.45, 2.75) is 367 Å². The topological polar surface area (TPSA) is 237 Å². The molecule has 19 heteroatoms. The van der Waals surface area contributed by atoms with Gasteiger partial charge in [0.2, 0.25) is 0 Å². The lowest BCUT2D eigenvalue weighted by Gasteiger charge is -2.21. The number of rotatable bonds is 73. The van der Waals surface area contributed by atoms with Crippen LogP contribution < -0.4 is 0 Å². The molecule has 0 heterocycles. The van der Waals surface area contributed by atoms with Gasteiger partial charge in [-0.3, -0.25) is 37.3 Å². The third-order valence-electron chi connectivity index (χ3n) is 16.5. The van der Waals surface area contributed by atoms with Gasteiger partial charge in [0.25, 0.3) is 0 Å². The molecule has 0 bridgehead atoms. The molecule has 0 saturated heterocycles. The predicted octanol–water partition coefficient (Wildman–Crippen LogP) is 21.9. The molecule has 5 unspecified atom stereocenters. The lowest BCUT2D eigenvalue weighted by molar-refractivity contribution is -0.161. The van der Waals surface area contributed by atoms with Crippen LogP contribution in [0.4, 0.5) is 0 Å². The summed E-state index contributed by atoms with van der Waals surface area (Å²) in [5, 5.41) is 10.6. The van der Waals surface area contributed by atoms with E-state index in [-0.39, 0.29) is 25.7 Å². The average molecular weight is 1400 g/mol. The van der Waals surface area contributed by atoms with Gasteiger partial charge < -0.3 is 33.8 Å². The van der Waals surface area contributed by atoms with E-state index >= 15 is 0 Å². The van der Waals surface area contributed by atoms with Crippen LogP contribution in [0.3, 0.4) is 0 Å². The summed E-state index contributed by atoms with van der Waals surface area (Å²) >= 11 is 0. The molecule has 3 N–H and O–H groups in total. The number of phosphoric ester groups is 2. The second kappa shape index (κ2) is 70.2. The largest absolute Gasteiger partial charge is 0.472 e. The molecule has 0 rings (SSSR count). The Balaban J connectivity index is 5.31. The molecule has 17 nitrogen and oxygen atoms in total. The van der Waals surface area contributed by atoms with Gasteiger partial charge in [0.1, 0.15) is 19.3 Å². The summed E-state index contributed by atoms with van der Waals surface area (Å²) in [6.07, 6.45) is 67.8. The van der Waals surface area contributed by atoms with E-state index in [1.807, 2.05) is 0 Å². The quantitative estimate of drug-likeness (QED) is 0.0169. The highest BCUT2D eigenvalue weighted by Crippen LogP contribution is 2.45. The molecule has 0 fully saturated rings. The van der Waals surface area contributed by atoms with Gasteiger partial charge in [0, 0.05) is 25.7 Å². The maximum atomic E-state index is 13.1. The van der Waals surface area contributed by atoms with Crippen LogP contribution in [0, 0.1) is 0 Å². The molecule has 0 aliphatic rings. The van der Waals surface area contributed by atoms with Crippen molar-refractivity contribution in [2.75, 3.05) is 39.6 Å². The molecule has 0 saturated carbocycles. The third-order valence-corrected chi connectivity index (χ3v) is 18.4. The van der Waals surface area contributed by atoms with Crippen molar-refractivity contribution in [3.05, 3.63) is 60.8 Å². The second-order valence-electron chi connectivity index (χ2n) is 25.9. The summed E-state index contributed by atoms with van der Waals surface area (Å²) in [6, 6.07) is 0. The standard InChI is InChI=1S/C77H140O17P2/c1-5-9-13-17-21-25-29-33-35-39-41-45-49-53-57-61-74(79)87-67-72(93-76(81)63-59-55-51-47-43-37-31-27-23-19-15-11-7-3)69-91-95(83,84)89-65-71(78)66-90-96(85,86)92-70-73(94-77(82)64-60-56-52-48-44-38-32-28-24-20-16-12-8-4)68-88-75(80)62-58-54-50-46-42-40-36-34-30-26-22-18-14-10-6-2/h9,13,15,19,21,25,27,31,33,35,71-73,78H,5-8,10-12,14,16-18,20,22-24,26,28-30,32,34,36-70H2,1-4H3,(H,83,84)(H,85,86)/b13-9-,19-15-,25-21-,31-27-,35-33-. The molecular weight excluding hydrogens is 1260 g/mol. The summed E-state index contributed by atoms with van der Waals surface area (Å²) in [5.74, 6) is -2.18. The van der Waals surface area contributed by atoms with Crippen LogP contribution in [-0.2, 0) is 65.4 Å². The smallest absolute Gasteiger partial charge is 0.462 e. The minimum absolute atomic E-state index is 0.0779. The average Bonchev–Trinajstić information content (AvgIpc) is 1.14. The predicted molar refractivity (Wildman–Crippen MR) is 390 cm³/mol. The summed E-state index contributed by atoms with van der Waals surface area (Å²) in [7, 11) is -9.94. The van der Waals surface area contributed by atoms with Crippen molar-refractivity contribution in [1.29, 1.82) is 0 Å². The first-order valence-electron chi connectivity index (χ1n) is 38.5. The van der Waals surface area contributed by atoms with Crippen LogP contribution in [0.2, 0.25) is 0 Å². The van der Waals surface area contributed by atoms with E-state index in [0.29, 0.717) is 25.7 Å². The molecule has 0 radical (unpaired) electrons. The van der Waals surface area contributed by atoms with Gasteiger partial charge in [0.05, 0.1) is 26.4 Å². The Kier molecular flexibility index (Phi) is 67.8. The van der Waals surface area contributed by atoms with Gasteiger partial charge in [0.15, 0.2) is 12.2 Å². The molecule has 5 atom stereocenters. The highest BCUT2D eigenvalue weighted by atomic mass is 31.2. The van der Waals surface area contributed by atoms with Gasteiger partial charge in [-0.15, -0.1) is 0 Å². The van der Waals surface area contributed by atoms with E-state index in [2.05, 4.69) is 88.5 Å². The Labute approximate surface area is 584 Å². The fourth-order valence-electron chi connectivity index (χ4n) is 10.6. The van der Waals surface area contributed by atoms with E-state index in [4.69, 9.17) is 37.0 Å². The SMILES string of the molecule is CC/C=C\C/C=C\C/C=C\CCCCCCCC(=O)OCC(COP(=O)(O)OCC(O)COP(=O)(O)OCC(COC(=O)CCCCCCCCCCCCCCCCC)OC(=O)CCCCCCCCCCCCCCC)OC(=O)CCCCCCC/C=C\C/C=C\CCC. The van der Waals surface area contributed by atoms with Gasteiger partial charge in [-0.2, -0.15) is 0 Å². The lowest BCUT2D eigenvalue weighted by atomic mass is 10.0. The number of hydrogen-bond donors (Lipinski definition) is 3. The molecule has 0 aliphatic heterocycles. The maximum absolute atomic E-state index is 13.1. The van der Waals surface area contributed by atoms with Crippen molar-refractivity contribution in [1.82, 2.24) is 0 Å². The third kappa shape index (κ3) is 69.2. The fraction of sp³-hybridized carbons (Fsp3) is 0.818. The number of aliphatic hydroxyl groups excluding tert-OH is 1. The van der Waals surface area contributed by atoms with Gasteiger partial charge in [-0.25, -0.2) is 9.13 Å². The molecule has 0 aliphatic carbocycles. The molecule has 0 spiro atoms. The number of hydrogen-bond acceptors (Lipinski definition) is 15. The zero-order chi connectivity index (χ0) is 70.4. The van der Waals surface area contributed by atoms with Crippen LogP contribution in [0.15, 0.2) is 60.8 Å². The monoisotopic (exact) mass is 1400 g/mol. The Morgan fingerprint density at radius 1 is 0.302 bits per heavy atom. The van der Waals surface area contributed by atoms with E-state index in [1.165, 1.54) is 122 Å². The molecule has 560 valence electrons. The van der Waals surface area contributed by atoms with E-state index in [9.17, 15) is 43.2 Å². The first-order valence-corrected chi connectivity index (χ1v) is 41.5. The van der Waals surface area contributed by atoms with Crippen molar-refractivity contribution in [2.24, 2.45) is 0 Å². The molecule has 0 amide bonds. The minimum atomic E-state index is -4.97. The van der Waals surface area contributed by atoms with Crippen LogP contribution in [0.5, 0.6) is 0 Å². The lowest BCUT2D eigenvalue weighted by Crippen LogP contribution is -2.30. The number of phosphoric acid groups is 2. The van der Waals surface area contributed by atoms with Crippen molar-refractivity contribution in [3.63, 3.8) is 0 Å². The first kappa shape index (κ1) is 92.8. The fourth-order valence-corrected chi connectivity index (χ4v) is 12.2. The Morgan fingerprint density at radius 2 is 0.562 bits per heavy atom. The van der Waals surface area contributed by atoms with Crippen LogP contribution >= 0.6 is 15.6 Å². The molecule has 96 heavy (non-hydrogen) atoms. The van der Waals surface area contributed by atoms with Gasteiger partial charge in [-0.1, -0.05) is 300 Å². The van der Waals surface area contributed by atoms with Crippen LogP contribution in [0.25, 0.3) is 0 Å². The number of carbonyl (C=O) groups is 4. The maximum Gasteiger partial charge on any atom is 0.472 e. The zero-order valence-electron chi connectivity index (χ0n) is 61.1. The number of carbonyl (C=O) groups excluding carboxylic acids is 4. The number of aliphatic hydroxyl groups is 1. The Hall–Kier alpha value is -3.24. The summed E-state index contributed by atoms with van der Waals surface area (Å²) in [5.41, 5.74) is 0. The van der Waals surface area contributed by atoms with Crippen LogP contribution in [-0.4, -0.2) is 96.7 Å². The minimum Gasteiger partial charge on any atom is -0.462 e. The summed E-state index contributed by atoms with van der Waals surface area (Å²) < 4.78 is 68.5. The zero-order valence-corrected chi connectivity index (χ0v) is 62.8. The molecule has 0 aromatic carbocycles. The highest BCUT2D eigenvalue weighted by Gasteiger charge is 2.30. The number of esters is 4. The van der Waals surface area contributed by atoms with Crippen molar-refractivity contribution < 1.29 is 80.2 Å². The van der Waals surface area contributed by atoms with Gasteiger partial charge in [-0.05, 0) is 83.5 Å². The number of unbranched alkanes of at least 4 members (excludes halogenated alkanes) is 37. The highest BCUT2D eigenvalue weighted by molar-refractivity contribution is 7.47. The van der Waals surface area contributed by atoms with E-state index < -0.39 is 97.5 Å². The first-order chi connectivity index (χ1) is 46.7. The molecular formula is C77H140O17P2. The Bertz CT molecular complexity index is 2060. The van der Waals surface area contributed by atoms with Gasteiger partial charge >= 0.3 is 39.5 Å². The number of allylic oxidation sites excluding steroid dienone is 10. The molecule has 0 aromatic rings. The van der Waals surface area contributed by atoms with Crippen molar-refractivity contribution >= 4 is 39.5 Å². The van der Waals surface area contributed by atoms with E-state index in [1.54, 1.807) is 0 Å². The summed E-state index contributed by atoms with van der Waals surface area (Å²) in [6.45, 7) is 4.72.